The Morgan fingerprint density at radius 1 is 1.60 bits per heavy atom. The Morgan fingerprint density at radius 3 is 3.07 bits per heavy atom. The van der Waals surface area contributed by atoms with Crippen molar-refractivity contribution in [3.8, 4) is 5.88 Å². The number of pyridine rings is 1. The molecule has 5 nitrogen and oxygen atoms in total. The van der Waals surface area contributed by atoms with Gasteiger partial charge < -0.3 is 14.8 Å². The Morgan fingerprint density at radius 2 is 2.40 bits per heavy atom. The number of hydrogen-bond acceptors (Lipinski definition) is 3. The number of aromatic nitrogens is 2. The van der Waals surface area contributed by atoms with Gasteiger partial charge >= 0.3 is 5.97 Å². The lowest BCUT2D eigenvalue weighted by atomic mass is 10.1. The number of methoxy groups -OCH3 is 1. The zero-order valence-corrected chi connectivity index (χ0v) is 8.15. The molecule has 0 aliphatic carbocycles. The molecule has 0 spiro atoms. The minimum absolute atomic E-state index is 0.00594. The molecule has 0 aromatic carbocycles. The summed E-state index contributed by atoms with van der Waals surface area (Å²) in [5.74, 6) is -0.349. The zero-order chi connectivity index (χ0) is 10.8. The van der Waals surface area contributed by atoms with Crippen LogP contribution in [0, 0.1) is 0 Å². The second-order valence-corrected chi connectivity index (χ2v) is 3.13. The maximum Gasteiger partial charge on any atom is 0.307 e. The quantitative estimate of drug-likeness (QED) is 0.791. The van der Waals surface area contributed by atoms with Crippen LogP contribution in [0.4, 0.5) is 0 Å². The summed E-state index contributed by atoms with van der Waals surface area (Å²) >= 11 is 0. The van der Waals surface area contributed by atoms with E-state index in [4.69, 9.17) is 9.84 Å². The van der Waals surface area contributed by atoms with Crippen LogP contribution in [-0.2, 0) is 11.2 Å². The number of hydrogen-bond donors (Lipinski definition) is 2. The maximum atomic E-state index is 10.6. The van der Waals surface area contributed by atoms with E-state index in [-0.39, 0.29) is 6.42 Å². The van der Waals surface area contributed by atoms with Gasteiger partial charge in [-0.1, -0.05) is 0 Å². The van der Waals surface area contributed by atoms with Crippen molar-refractivity contribution in [3.05, 3.63) is 23.9 Å². The van der Waals surface area contributed by atoms with E-state index < -0.39 is 5.97 Å². The topological polar surface area (TPSA) is 75.2 Å². The minimum Gasteiger partial charge on any atom is -0.481 e. The Hall–Kier alpha value is -2.04. The van der Waals surface area contributed by atoms with Crippen molar-refractivity contribution in [1.82, 2.24) is 9.97 Å². The van der Waals surface area contributed by atoms with Gasteiger partial charge in [-0.05, 0) is 11.6 Å². The van der Waals surface area contributed by atoms with Crippen LogP contribution in [0.1, 0.15) is 5.56 Å². The van der Waals surface area contributed by atoms with Crippen LogP contribution >= 0.6 is 0 Å². The fourth-order valence-corrected chi connectivity index (χ4v) is 1.47. The van der Waals surface area contributed by atoms with E-state index in [9.17, 15) is 4.79 Å². The highest BCUT2D eigenvalue weighted by Gasteiger charge is 2.08. The second kappa shape index (κ2) is 3.61. The Kier molecular flexibility index (Phi) is 2.29. The lowest BCUT2D eigenvalue weighted by molar-refractivity contribution is -0.136. The van der Waals surface area contributed by atoms with Crippen molar-refractivity contribution in [2.75, 3.05) is 7.11 Å². The number of aromatic amines is 1. The van der Waals surface area contributed by atoms with Gasteiger partial charge in [0.15, 0.2) is 0 Å². The number of carbonyl (C=O) groups is 1. The van der Waals surface area contributed by atoms with Crippen LogP contribution in [-0.4, -0.2) is 28.2 Å². The van der Waals surface area contributed by atoms with Gasteiger partial charge in [-0.3, -0.25) is 4.79 Å². The SMILES string of the molecule is COc1ccc2c(CC(=O)O)c[nH]c2n1. The summed E-state index contributed by atoms with van der Waals surface area (Å²) < 4.78 is 4.97. The van der Waals surface area contributed by atoms with Gasteiger partial charge in [0.2, 0.25) is 5.88 Å². The summed E-state index contributed by atoms with van der Waals surface area (Å²) in [6.07, 6.45) is 1.65. The second-order valence-electron chi connectivity index (χ2n) is 3.13. The molecular formula is C10H10N2O3. The molecule has 5 heteroatoms. The molecule has 0 unspecified atom stereocenters. The molecule has 0 bridgehead atoms. The molecule has 2 aromatic heterocycles. The first kappa shape index (κ1) is 9.51. The van der Waals surface area contributed by atoms with E-state index in [1.54, 1.807) is 18.3 Å². The fraction of sp³-hybridized carbons (Fsp3) is 0.200. The minimum atomic E-state index is -0.855. The van der Waals surface area contributed by atoms with Gasteiger partial charge in [0, 0.05) is 17.6 Å². The average Bonchev–Trinajstić information content (AvgIpc) is 2.60. The molecule has 0 aliphatic rings. The average molecular weight is 206 g/mol. The predicted octanol–water partition coefficient (Wildman–Crippen LogP) is 1.20. The third kappa shape index (κ3) is 1.76. The number of nitrogens with zero attached hydrogens (tertiary/aromatic N) is 1. The van der Waals surface area contributed by atoms with Gasteiger partial charge in [0.25, 0.3) is 0 Å². The highest BCUT2D eigenvalue weighted by molar-refractivity contribution is 5.84. The first-order chi connectivity index (χ1) is 7.20. The van der Waals surface area contributed by atoms with E-state index >= 15 is 0 Å². The largest absolute Gasteiger partial charge is 0.481 e. The smallest absolute Gasteiger partial charge is 0.307 e. The zero-order valence-electron chi connectivity index (χ0n) is 8.15. The van der Waals surface area contributed by atoms with Crippen molar-refractivity contribution in [2.45, 2.75) is 6.42 Å². The highest BCUT2D eigenvalue weighted by Crippen LogP contribution is 2.19. The molecule has 2 heterocycles. The van der Waals surface area contributed by atoms with Crippen molar-refractivity contribution in [3.63, 3.8) is 0 Å². The number of carboxylic acids is 1. The maximum absolute atomic E-state index is 10.6. The Bertz CT molecular complexity index is 504. The molecule has 15 heavy (non-hydrogen) atoms. The van der Waals surface area contributed by atoms with Crippen molar-refractivity contribution >= 4 is 17.0 Å². The summed E-state index contributed by atoms with van der Waals surface area (Å²) in [5, 5.41) is 9.50. The van der Waals surface area contributed by atoms with E-state index in [1.165, 1.54) is 7.11 Å². The summed E-state index contributed by atoms with van der Waals surface area (Å²) in [7, 11) is 1.54. The molecule has 0 fully saturated rings. The van der Waals surface area contributed by atoms with Crippen molar-refractivity contribution in [1.29, 1.82) is 0 Å². The van der Waals surface area contributed by atoms with Crippen LogP contribution < -0.4 is 4.74 Å². The first-order valence-corrected chi connectivity index (χ1v) is 4.43. The molecule has 0 saturated heterocycles. The van der Waals surface area contributed by atoms with Gasteiger partial charge in [0.1, 0.15) is 5.65 Å². The number of nitrogens with one attached hydrogen (secondary N) is 1. The number of rotatable bonds is 3. The third-order valence-electron chi connectivity index (χ3n) is 2.15. The number of ether oxygens (including phenoxy) is 1. The lowest BCUT2D eigenvalue weighted by Crippen LogP contribution is -1.98. The van der Waals surface area contributed by atoms with E-state index in [2.05, 4.69) is 9.97 Å². The molecule has 2 N–H and O–H groups in total. The van der Waals surface area contributed by atoms with Crippen molar-refractivity contribution in [2.24, 2.45) is 0 Å². The van der Waals surface area contributed by atoms with Gasteiger partial charge in [-0.2, -0.15) is 4.98 Å². The van der Waals surface area contributed by atoms with Crippen molar-refractivity contribution < 1.29 is 14.6 Å². The Balaban J connectivity index is 2.47. The highest BCUT2D eigenvalue weighted by atomic mass is 16.5. The molecule has 0 atom stereocenters. The lowest BCUT2D eigenvalue weighted by Gasteiger charge is -1.98. The molecule has 2 rings (SSSR count). The predicted molar refractivity (Wildman–Crippen MR) is 54.0 cm³/mol. The molecule has 0 radical (unpaired) electrons. The van der Waals surface area contributed by atoms with Crippen LogP contribution in [0.2, 0.25) is 0 Å². The fourth-order valence-electron chi connectivity index (χ4n) is 1.47. The first-order valence-electron chi connectivity index (χ1n) is 4.43. The summed E-state index contributed by atoms with van der Waals surface area (Å²) in [6.45, 7) is 0. The summed E-state index contributed by atoms with van der Waals surface area (Å²) in [6, 6.07) is 3.51. The van der Waals surface area contributed by atoms with Crippen LogP contribution in [0.5, 0.6) is 5.88 Å². The molecular weight excluding hydrogens is 196 g/mol. The van der Waals surface area contributed by atoms with Crippen LogP contribution in [0.25, 0.3) is 11.0 Å². The number of aliphatic carboxylic acids is 1. The summed E-state index contributed by atoms with van der Waals surface area (Å²) in [5.41, 5.74) is 1.37. The normalized spacial score (nSPS) is 10.5. The van der Waals surface area contributed by atoms with Gasteiger partial charge in [-0.25, -0.2) is 0 Å². The molecule has 78 valence electrons. The van der Waals surface area contributed by atoms with Gasteiger partial charge in [0.05, 0.1) is 13.5 Å². The van der Waals surface area contributed by atoms with E-state index in [1.807, 2.05) is 0 Å². The number of fused-ring (bicyclic) bond motifs is 1. The van der Waals surface area contributed by atoms with Crippen LogP contribution in [0.15, 0.2) is 18.3 Å². The molecule has 0 saturated carbocycles. The molecule has 2 aromatic rings. The summed E-state index contributed by atoms with van der Waals surface area (Å²) in [4.78, 5) is 17.6. The van der Waals surface area contributed by atoms with E-state index in [0.29, 0.717) is 11.5 Å². The number of carboxylic acid groups (broad SMARTS) is 1. The molecule has 0 aliphatic heterocycles. The molecule has 0 amide bonds. The van der Waals surface area contributed by atoms with Crippen LogP contribution in [0.3, 0.4) is 0 Å². The monoisotopic (exact) mass is 206 g/mol. The third-order valence-corrected chi connectivity index (χ3v) is 2.15. The Labute approximate surface area is 85.7 Å². The van der Waals surface area contributed by atoms with E-state index in [0.717, 1.165) is 10.9 Å². The van der Waals surface area contributed by atoms with Gasteiger partial charge in [-0.15, -0.1) is 0 Å². The number of H-pyrrole nitrogens is 1. The standard InChI is InChI=1S/C10H10N2O3/c1-15-8-3-2-7-6(4-9(13)14)5-11-10(7)12-8/h2-3,5H,4H2,1H3,(H,11,12)(H,13,14).